The first-order valence-corrected chi connectivity index (χ1v) is 5.14. The van der Waals surface area contributed by atoms with Gasteiger partial charge < -0.3 is 10.4 Å². The molecule has 0 saturated heterocycles. The van der Waals surface area contributed by atoms with Gasteiger partial charge in [0.2, 0.25) is 5.91 Å². The third-order valence-corrected chi connectivity index (χ3v) is 2.15. The Bertz CT molecular complexity index is 241. The van der Waals surface area contributed by atoms with Gasteiger partial charge in [0, 0.05) is 5.41 Å². The topological polar surface area (TPSA) is 66.4 Å². The Morgan fingerprint density at radius 3 is 2.00 bits per heavy atom. The molecule has 0 fully saturated rings. The second-order valence-electron chi connectivity index (χ2n) is 5.06. The highest BCUT2D eigenvalue weighted by atomic mass is 16.3. The normalized spacial score (nSPS) is 13.8. The molecule has 0 rings (SSSR count). The molecule has 15 heavy (non-hydrogen) atoms. The molecule has 0 radical (unpaired) electrons. The Hall–Kier alpha value is -0.900. The average molecular weight is 215 g/mol. The van der Waals surface area contributed by atoms with E-state index in [4.69, 9.17) is 5.11 Å². The number of carbonyl (C=O) groups excluding carboxylic acids is 2. The minimum absolute atomic E-state index is 0.0145. The highest BCUT2D eigenvalue weighted by Gasteiger charge is 2.32. The average Bonchev–Trinajstić information content (AvgIpc) is 2.10. The van der Waals surface area contributed by atoms with Crippen LogP contribution in [0.4, 0.5) is 0 Å². The lowest BCUT2D eigenvalue weighted by molar-refractivity contribution is -0.134. The molecule has 0 aliphatic heterocycles. The molecular weight excluding hydrogens is 194 g/mol. The number of aliphatic hydroxyl groups excluding tert-OH is 1. The number of amides is 1. The monoisotopic (exact) mass is 215 g/mol. The molecular formula is C11H21NO3. The van der Waals surface area contributed by atoms with E-state index >= 15 is 0 Å². The summed E-state index contributed by atoms with van der Waals surface area (Å²) < 4.78 is 0. The van der Waals surface area contributed by atoms with Crippen molar-refractivity contribution < 1.29 is 14.7 Å². The van der Waals surface area contributed by atoms with E-state index in [-0.39, 0.29) is 11.7 Å². The largest absolute Gasteiger partial charge is 0.387 e. The lowest BCUT2D eigenvalue weighted by Gasteiger charge is -2.27. The van der Waals surface area contributed by atoms with Crippen LogP contribution in [0.3, 0.4) is 0 Å². The van der Waals surface area contributed by atoms with Crippen molar-refractivity contribution in [1.29, 1.82) is 0 Å². The summed E-state index contributed by atoms with van der Waals surface area (Å²) in [6.07, 6.45) is 0. The molecule has 0 bridgehead atoms. The molecule has 0 aromatic carbocycles. The highest BCUT2D eigenvalue weighted by Crippen LogP contribution is 2.20. The Labute approximate surface area is 91.1 Å². The number of rotatable bonds is 4. The van der Waals surface area contributed by atoms with E-state index in [9.17, 15) is 9.59 Å². The summed E-state index contributed by atoms with van der Waals surface area (Å²) >= 11 is 0. The minimum atomic E-state index is -0.583. The fraction of sp³-hybridized carbons (Fsp3) is 0.818. The minimum Gasteiger partial charge on any atom is -0.387 e. The second kappa shape index (κ2) is 5.26. The van der Waals surface area contributed by atoms with Gasteiger partial charge in [0.15, 0.2) is 5.78 Å². The van der Waals surface area contributed by atoms with Crippen LogP contribution in [0, 0.1) is 11.3 Å². The van der Waals surface area contributed by atoms with E-state index < -0.39 is 24.0 Å². The number of aliphatic hydroxyl groups is 1. The van der Waals surface area contributed by atoms with Crippen molar-refractivity contribution in [3.05, 3.63) is 0 Å². The van der Waals surface area contributed by atoms with Crippen LogP contribution in [0.2, 0.25) is 0 Å². The van der Waals surface area contributed by atoms with Gasteiger partial charge in [-0.15, -0.1) is 0 Å². The van der Waals surface area contributed by atoms with E-state index in [0.717, 1.165) is 0 Å². The van der Waals surface area contributed by atoms with Gasteiger partial charge in [0.1, 0.15) is 6.61 Å². The molecule has 0 aliphatic carbocycles. The standard InChI is InChI=1S/C11H21NO3/c1-7(2)9(12-8(14)6-13)10(15)11(3,4)5/h7,9,13H,6H2,1-5H3,(H,12,14)/t9-/m0/s1. The van der Waals surface area contributed by atoms with E-state index in [0.29, 0.717) is 0 Å². The summed E-state index contributed by atoms with van der Waals surface area (Å²) in [5.41, 5.74) is -0.488. The van der Waals surface area contributed by atoms with Gasteiger partial charge in [-0.2, -0.15) is 0 Å². The van der Waals surface area contributed by atoms with Gasteiger partial charge in [-0.25, -0.2) is 0 Å². The highest BCUT2D eigenvalue weighted by molar-refractivity contribution is 5.92. The zero-order valence-electron chi connectivity index (χ0n) is 10.1. The summed E-state index contributed by atoms with van der Waals surface area (Å²) in [6, 6.07) is -0.523. The molecule has 4 nitrogen and oxygen atoms in total. The van der Waals surface area contributed by atoms with Crippen molar-refractivity contribution in [2.75, 3.05) is 6.61 Å². The number of nitrogens with one attached hydrogen (secondary N) is 1. The van der Waals surface area contributed by atoms with Crippen LogP contribution in [0.5, 0.6) is 0 Å². The predicted octanol–water partition coefficient (Wildman–Crippen LogP) is 0.735. The van der Waals surface area contributed by atoms with Crippen molar-refractivity contribution in [1.82, 2.24) is 5.32 Å². The van der Waals surface area contributed by atoms with E-state index in [1.807, 2.05) is 34.6 Å². The van der Waals surface area contributed by atoms with Crippen LogP contribution in [-0.4, -0.2) is 29.4 Å². The Balaban J connectivity index is 4.68. The smallest absolute Gasteiger partial charge is 0.246 e. The molecule has 0 aromatic heterocycles. The van der Waals surface area contributed by atoms with E-state index in [1.165, 1.54) is 0 Å². The molecule has 88 valence electrons. The fourth-order valence-corrected chi connectivity index (χ4v) is 1.22. The third kappa shape index (κ3) is 4.42. The number of ketones is 1. The number of hydrogen-bond acceptors (Lipinski definition) is 3. The summed E-state index contributed by atoms with van der Waals surface area (Å²) in [5.74, 6) is -0.502. The molecule has 0 unspecified atom stereocenters. The molecule has 0 spiro atoms. The van der Waals surface area contributed by atoms with Crippen molar-refractivity contribution >= 4 is 11.7 Å². The number of hydrogen-bond donors (Lipinski definition) is 2. The molecule has 2 N–H and O–H groups in total. The fourth-order valence-electron chi connectivity index (χ4n) is 1.22. The SMILES string of the molecule is CC(C)[C@H](NC(=O)CO)C(=O)C(C)(C)C. The predicted molar refractivity (Wildman–Crippen MR) is 58.3 cm³/mol. The van der Waals surface area contributed by atoms with Crippen molar-refractivity contribution in [2.24, 2.45) is 11.3 Å². The summed E-state index contributed by atoms with van der Waals surface area (Å²) in [6.45, 7) is 8.60. The van der Waals surface area contributed by atoms with Crippen molar-refractivity contribution in [3.63, 3.8) is 0 Å². The Kier molecular flexibility index (Phi) is 4.94. The first-order chi connectivity index (χ1) is 6.70. The van der Waals surface area contributed by atoms with Gasteiger partial charge in [-0.3, -0.25) is 9.59 Å². The van der Waals surface area contributed by atoms with Crippen molar-refractivity contribution in [2.45, 2.75) is 40.7 Å². The zero-order valence-corrected chi connectivity index (χ0v) is 10.1. The maximum Gasteiger partial charge on any atom is 0.246 e. The molecule has 4 heteroatoms. The van der Waals surface area contributed by atoms with Crippen LogP contribution >= 0.6 is 0 Å². The van der Waals surface area contributed by atoms with E-state index in [2.05, 4.69) is 5.32 Å². The lowest BCUT2D eigenvalue weighted by atomic mass is 9.82. The molecule has 0 aliphatic rings. The Morgan fingerprint density at radius 1 is 1.27 bits per heavy atom. The maximum atomic E-state index is 12.0. The van der Waals surface area contributed by atoms with Gasteiger partial charge in [-0.1, -0.05) is 34.6 Å². The molecule has 1 atom stereocenters. The number of Topliss-reactive ketones (excluding diaryl/α,β-unsaturated/α-hetero) is 1. The summed E-state index contributed by atoms with van der Waals surface area (Å²) in [4.78, 5) is 23.0. The van der Waals surface area contributed by atoms with Gasteiger partial charge in [0.05, 0.1) is 6.04 Å². The molecule has 1 amide bonds. The third-order valence-electron chi connectivity index (χ3n) is 2.15. The molecule has 0 heterocycles. The van der Waals surface area contributed by atoms with Crippen LogP contribution in [0.15, 0.2) is 0 Å². The van der Waals surface area contributed by atoms with Crippen LogP contribution in [-0.2, 0) is 9.59 Å². The van der Waals surface area contributed by atoms with Gasteiger partial charge in [0.25, 0.3) is 0 Å². The first kappa shape index (κ1) is 14.1. The van der Waals surface area contributed by atoms with Crippen LogP contribution in [0.1, 0.15) is 34.6 Å². The second-order valence-corrected chi connectivity index (χ2v) is 5.06. The summed E-state index contributed by atoms with van der Waals surface area (Å²) in [5, 5.41) is 11.2. The first-order valence-electron chi connectivity index (χ1n) is 5.14. The van der Waals surface area contributed by atoms with Crippen molar-refractivity contribution in [3.8, 4) is 0 Å². The zero-order chi connectivity index (χ0) is 12.2. The van der Waals surface area contributed by atoms with Gasteiger partial charge >= 0.3 is 0 Å². The van der Waals surface area contributed by atoms with Crippen LogP contribution < -0.4 is 5.32 Å². The van der Waals surface area contributed by atoms with Crippen LogP contribution in [0.25, 0.3) is 0 Å². The Morgan fingerprint density at radius 2 is 1.73 bits per heavy atom. The maximum absolute atomic E-state index is 12.0. The molecule has 0 saturated carbocycles. The van der Waals surface area contributed by atoms with E-state index in [1.54, 1.807) is 0 Å². The number of carbonyl (C=O) groups is 2. The van der Waals surface area contributed by atoms with Gasteiger partial charge in [-0.05, 0) is 5.92 Å². The molecule has 0 aromatic rings. The lowest BCUT2D eigenvalue weighted by Crippen LogP contribution is -2.49. The quantitative estimate of drug-likeness (QED) is 0.726. The summed E-state index contributed by atoms with van der Waals surface area (Å²) in [7, 11) is 0.